The predicted molar refractivity (Wildman–Crippen MR) is 81.4 cm³/mol. The van der Waals surface area contributed by atoms with Crippen molar-refractivity contribution in [1.29, 1.82) is 0 Å². The summed E-state index contributed by atoms with van der Waals surface area (Å²) >= 11 is 5.95. The fourth-order valence-electron chi connectivity index (χ4n) is 1.77. The summed E-state index contributed by atoms with van der Waals surface area (Å²) in [6.45, 7) is 2.00. The number of amides is 1. The van der Waals surface area contributed by atoms with Crippen molar-refractivity contribution in [3.05, 3.63) is 59.1 Å². The van der Waals surface area contributed by atoms with Gasteiger partial charge in [0.1, 0.15) is 5.75 Å². The molecule has 0 radical (unpaired) electrons. The Morgan fingerprint density at radius 2 is 2.00 bits per heavy atom. The molecule has 0 heterocycles. The van der Waals surface area contributed by atoms with Gasteiger partial charge in [-0.2, -0.15) is 0 Å². The SMILES string of the molecule is CCc1cccc(NC(=O)COc2ccccc2Cl)c1. The van der Waals surface area contributed by atoms with Crippen LogP contribution in [0.5, 0.6) is 5.75 Å². The van der Waals surface area contributed by atoms with Gasteiger partial charge < -0.3 is 10.1 Å². The molecule has 0 bridgehead atoms. The van der Waals surface area contributed by atoms with E-state index in [1.165, 1.54) is 5.56 Å². The number of aryl methyl sites for hydroxylation is 1. The van der Waals surface area contributed by atoms with Gasteiger partial charge in [0.15, 0.2) is 6.61 Å². The molecule has 0 unspecified atom stereocenters. The first-order chi connectivity index (χ1) is 9.69. The number of rotatable bonds is 5. The zero-order chi connectivity index (χ0) is 14.4. The summed E-state index contributed by atoms with van der Waals surface area (Å²) in [6.07, 6.45) is 0.930. The lowest BCUT2D eigenvalue weighted by molar-refractivity contribution is -0.118. The van der Waals surface area contributed by atoms with Gasteiger partial charge in [-0.05, 0) is 36.2 Å². The van der Waals surface area contributed by atoms with Crippen LogP contribution in [0.4, 0.5) is 5.69 Å². The van der Waals surface area contributed by atoms with E-state index in [1.807, 2.05) is 36.4 Å². The number of anilines is 1. The van der Waals surface area contributed by atoms with Crippen molar-refractivity contribution in [3.63, 3.8) is 0 Å². The first-order valence-electron chi connectivity index (χ1n) is 6.45. The number of ether oxygens (including phenoxy) is 1. The van der Waals surface area contributed by atoms with Gasteiger partial charge in [-0.15, -0.1) is 0 Å². The zero-order valence-electron chi connectivity index (χ0n) is 11.2. The maximum Gasteiger partial charge on any atom is 0.262 e. The lowest BCUT2D eigenvalue weighted by atomic mass is 10.1. The molecule has 2 aromatic carbocycles. The predicted octanol–water partition coefficient (Wildman–Crippen LogP) is 3.92. The van der Waals surface area contributed by atoms with E-state index in [0.29, 0.717) is 10.8 Å². The van der Waals surface area contributed by atoms with Crippen molar-refractivity contribution in [1.82, 2.24) is 0 Å². The molecule has 0 spiro atoms. The van der Waals surface area contributed by atoms with E-state index in [1.54, 1.807) is 12.1 Å². The van der Waals surface area contributed by atoms with Gasteiger partial charge in [0, 0.05) is 5.69 Å². The highest BCUT2D eigenvalue weighted by Crippen LogP contribution is 2.23. The number of carbonyl (C=O) groups is 1. The molecule has 3 nitrogen and oxygen atoms in total. The molecular formula is C16H16ClNO2. The molecule has 0 fully saturated rings. The van der Waals surface area contributed by atoms with E-state index in [2.05, 4.69) is 12.2 Å². The maximum absolute atomic E-state index is 11.8. The number of benzene rings is 2. The summed E-state index contributed by atoms with van der Waals surface area (Å²) in [5.41, 5.74) is 1.95. The minimum Gasteiger partial charge on any atom is -0.482 e. The Morgan fingerprint density at radius 3 is 2.75 bits per heavy atom. The number of para-hydroxylation sites is 1. The molecule has 0 aliphatic rings. The number of hydrogen-bond donors (Lipinski definition) is 1. The first kappa shape index (κ1) is 14.4. The Morgan fingerprint density at radius 1 is 1.20 bits per heavy atom. The van der Waals surface area contributed by atoms with Crippen molar-refractivity contribution >= 4 is 23.2 Å². The first-order valence-corrected chi connectivity index (χ1v) is 6.83. The highest BCUT2D eigenvalue weighted by molar-refractivity contribution is 6.32. The van der Waals surface area contributed by atoms with Crippen molar-refractivity contribution in [3.8, 4) is 5.75 Å². The lowest BCUT2D eigenvalue weighted by Crippen LogP contribution is -2.20. The van der Waals surface area contributed by atoms with E-state index in [4.69, 9.17) is 16.3 Å². The second-order valence-electron chi connectivity index (χ2n) is 4.32. The second kappa shape index (κ2) is 6.96. The third kappa shape index (κ3) is 4.00. The maximum atomic E-state index is 11.8. The second-order valence-corrected chi connectivity index (χ2v) is 4.73. The monoisotopic (exact) mass is 289 g/mol. The molecule has 1 amide bonds. The van der Waals surface area contributed by atoms with Crippen LogP contribution >= 0.6 is 11.6 Å². The quantitative estimate of drug-likeness (QED) is 0.906. The summed E-state index contributed by atoms with van der Waals surface area (Å²) in [6, 6.07) is 14.8. The summed E-state index contributed by atoms with van der Waals surface area (Å²) in [5, 5.41) is 3.29. The van der Waals surface area contributed by atoms with Crippen molar-refractivity contribution in [2.45, 2.75) is 13.3 Å². The molecule has 0 aliphatic heterocycles. The Kier molecular flexibility index (Phi) is 5.02. The molecule has 0 atom stereocenters. The highest BCUT2D eigenvalue weighted by Gasteiger charge is 2.06. The van der Waals surface area contributed by atoms with Crippen molar-refractivity contribution < 1.29 is 9.53 Å². The summed E-state index contributed by atoms with van der Waals surface area (Å²) in [4.78, 5) is 11.8. The largest absolute Gasteiger partial charge is 0.482 e. The van der Waals surface area contributed by atoms with Crippen LogP contribution in [0.3, 0.4) is 0 Å². The van der Waals surface area contributed by atoms with E-state index < -0.39 is 0 Å². The summed E-state index contributed by atoms with van der Waals surface area (Å²) in [7, 11) is 0. The lowest BCUT2D eigenvalue weighted by Gasteiger charge is -2.09. The van der Waals surface area contributed by atoms with Gasteiger partial charge >= 0.3 is 0 Å². The van der Waals surface area contributed by atoms with Crippen LogP contribution in [-0.2, 0) is 11.2 Å². The molecule has 0 saturated heterocycles. The van der Waals surface area contributed by atoms with Crippen LogP contribution in [0.25, 0.3) is 0 Å². The molecule has 20 heavy (non-hydrogen) atoms. The van der Waals surface area contributed by atoms with E-state index in [0.717, 1.165) is 12.1 Å². The summed E-state index contributed by atoms with van der Waals surface area (Å²) in [5.74, 6) is 0.296. The fourth-order valence-corrected chi connectivity index (χ4v) is 1.96. The molecular weight excluding hydrogens is 274 g/mol. The van der Waals surface area contributed by atoms with E-state index >= 15 is 0 Å². The Balaban J connectivity index is 1.91. The minimum atomic E-state index is -0.210. The molecule has 0 saturated carbocycles. The number of carbonyl (C=O) groups excluding carboxylic acids is 1. The summed E-state index contributed by atoms with van der Waals surface area (Å²) < 4.78 is 5.38. The number of halogens is 1. The molecule has 2 aromatic rings. The Labute approximate surface area is 123 Å². The van der Waals surface area contributed by atoms with Gasteiger partial charge in [0.25, 0.3) is 5.91 Å². The molecule has 2 rings (SSSR count). The Hall–Kier alpha value is -2.00. The minimum absolute atomic E-state index is 0.0694. The van der Waals surface area contributed by atoms with Crippen LogP contribution in [0.1, 0.15) is 12.5 Å². The average molecular weight is 290 g/mol. The van der Waals surface area contributed by atoms with E-state index in [-0.39, 0.29) is 12.5 Å². The van der Waals surface area contributed by atoms with Crippen molar-refractivity contribution in [2.75, 3.05) is 11.9 Å². The Bertz CT molecular complexity index is 599. The van der Waals surface area contributed by atoms with E-state index in [9.17, 15) is 4.79 Å². The van der Waals surface area contributed by atoms with Crippen molar-refractivity contribution in [2.24, 2.45) is 0 Å². The third-order valence-electron chi connectivity index (χ3n) is 2.81. The normalized spacial score (nSPS) is 10.1. The van der Waals surface area contributed by atoms with Gasteiger partial charge in [-0.1, -0.05) is 42.8 Å². The third-order valence-corrected chi connectivity index (χ3v) is 3.13. The van der Waals surface area contributed by atoms with Gasteiger partial charge in [0.2, 0.25) is 0 Å². The molecule has 0 aromatic heterocycles. The molecule has 1 N–H and O–H groups in total. The van der Waals surface area contributed by atoms with Gasteiger partial charge in [0.05, 0.1) is 5.02 Å². The van der Waals surface area contributed by atoms with Gasteiger partial charge in [-0.25, -0.2) is 0 Å². The van der Waals surface area contributed by atoms with Crippen LogP contribution in [0.15, 0.2) is 48.5 Å². The van der Waals surface area contributed by atoms with Gasteiger partial charge in [-0.3, -0.25) is 4.79 Å². The topological polar surface area (TPSA) is 38.3 Å². The van der Waals surface area contributed by atoms with Crippen LogP contribution in [-0.4, -0.2) is 12.5 Å². The van der Waals surface area contributed by atoms with Crippen LogP contribution < -0.4 is 10.1 Å². The van der Waals surface area contributed by atoms with Crippen LogP contribution in [0.2, 0.25) is 5.02 Å². The molecule has 104 valence electrons. The molecule has 0 aliphatic carbocycles. The fraction of sp³-hybridized carbons (Fsp3) is 0.188. The zero-order valence-corrected chi connectivity index (χ0v) is 12.0. The number of nitrogens with one attached hydrogen (secondary N) is 1. The highest BCUT2D eigenvalue weighted by atomic mass is 35.5. The number of hydrogen-bond acceptors (Lipinski definition) is 2. The van der Waals surface area contributed by atoms with Crippen LogP contribution in [0, 0.1) is 0 Å². The average Bonchev–Trinajstić information content (AvgIpc) is 2.46. The standard InChI is InChI=1S/C16H16ClNO2/c1-2-12-6-5-7-13(10-12)18-16(19)11-20-15-9-4-3-8-14(15)17/h3-10H,2,11H2,1H3,(H,18,19). The smallest absolute Gasteiger partial charge is 0.262 e. The molecule has 4 heteroatoms.